The second-order valence-corrected chi connectivity index (χ2v) is 8.31. The fourth-order valence-corrected chi connectivity index (χ4v) is 3.23. The lowest BCUT2D eigenvalue weighted by Crippen LogP contribution is -2.21. The zero-order valence-corrected chi connectivity index (χ0v) is 18.5. The van der Waals surface area contributed by atoms with Gasteiger partial charge in [-0.2, -0.15) is 9.49 Å². The van der Waals surface area contributed by atoms with Gasteiger partial charge in [0.15, 0.2) is 5.82 Å². The van der Waals surface area contributed by atoms with Gasteiger partial charge in [-0.1, -0.05) is 6.92 Å². The number of hydrogen-bond acceptors (Lipinski definition) is 6. The molecule has 3 heterocycles. The van der Waals surface area contributed by atoms with E-state index in [0.717, 1.165) is 25.0 Å². The standard InChI is InChI=1S/C22H21F3N6O3/c1-11(14-6-12(23)8-27-18(14)25)34-21(33)30-19-15(10-28-31(19)3)17-16(24)7-13(9-26-17)29-20(32)22(2)4-5-22/h6-11H,4-5H2,1-3H3,(H,29,32)(H,30,33). The van der Waals surface area contributed by atoms with E-state index < -0.39 is 35.2 Å². The lowest BCUT2D eigenvalue weighted by atomic mass is 10.1. The highest BCUT2D eigenvalue weighted by Crippen LogP contribution is 2.45. The molecule has 1 aliphatic rings. The van der Waals surface area contributed by atoms with Gasteiger partial charge in [0.2, 0.25) is 11.9 Å². The van der Waals surface area contributed by atoms with Crippen LogP contribution in [0.4, 0.5) is 29.5 Å². The van der Waals surface area contributed by atoms with Crippen molar-refractivity contribution in [1.29, 1.82) is 0 Å². The van der Waals surface area contributed by atoms with Crippen LogP contribution >= 0.6 is 0 Å². The molecule has 1 unspecified atom stereocenters. The Morgan fingerprint density at radius 2 is 1.85 bits per heavy atom. The summed E-state index contributed by atoms with van der Waals surface area (Å²) in [5.41, 5.74) is -0.442. The van der Waals surface area contributed by atoms with E-state index in [1.807, 2.05) is 6.92 Å². The Kier molecular flexibility index (Phi) is 5.98. The fourth-order valence-electron chi connectivity index (χ4n) is 3.23. The molecular formula is C22H21F3N6O3. The van der Waals surface area contributed by atoms with Crippen LogP contribution in [-0.2, 0) is 16.6 Å². The molecular weight excluding hydrogens is 453 g/mol. The number of carbonyl (C=O) groups excluding carboxylic acids is 2. The minimum absolute atomic E-state index is 0.0590. The van der Waals surface area contributed by atoms with Crippen molar-refractivity contribution in [3.63, 3.8) is 0 Å². The van der Waals surface area contributed by atoms with Crippen molar-refractivity contribution in [2.75, 3.05) is 10.6 Å². The average Bonchev–Trinajstić information content (AvgIpc) is 3.44. The quantitative estimate of drug-likeness (QED) is 0.514. The van der Waals surface area contributed by atoms with Gasteiger partial charge in [0.25, 0.3) is 0 Å². The topological polar surface area (TPSA) is 111 Å². The summed E-state index contributed by atoms with van der Waals surface area (Å²) in [5, 5.41) is 9.08. The molecule has 3 aromatic rings. The molecule has 0 radical (unpaired) electrons. The Labute approximate surface area is 192 Å². The molecule has 0 spiro atoms. The number of aromatic nitrogens is 4. The van der Waals surface area contributed by atoms with Crippen molar-refractivity contribution in [3.05, 3.63) is 53.9 Å². The number of halogens is 3. The summed E-state index contributed by atoms with van der Waals surface area (Å²) in [4.78, 5) is 31.9. The molecule has 2 amide bonds. The predicted octanol–water partition coefficient (Wildman–Crippen LogP) is 4.34. The smallest absolute Gasteiger partial charge is 0.413 e. The van der Waals surface area contributed by atoms with Crippen LogP contribution in [0.2, 0.25) is 0 Å². The van der Waals surface area contributed by atoms with Gasteiger partial charge in [-0.05, 0) is 25.8 Å². The predicted molar refractivity (Wildman–Crippen MR) is 115 cm³/mol. The normalized spacial score (nSPS) is 14.9. The van der Waals surface area contributed by atoms with Crippen LogP contribution in [0.5, 0.6) is 0 Å². The van der Waals surface area contributed by atoms with Crippen LogP contribution in [0.3, 0.4) is 0 Å². The van der Waals surface area contributed by atoms with Gasteiger partial charge in [-0.3, -0.25) is 19.8 Å². The Hall–Kier alpha value is -3.96. The number of amides is 2. The zero-order valence-electron chi connectivity index (χ0n) is 18.5. The van der Waals surface area contributed by atoms with Gasteiger partial charge in [0.05, 0.1) is 35.4 Å². The Morgan fingerprint density at radius 3 is 2.53 bits per heavy atom. The van der Waals surface area contributed by atoms with Crippen molar-refractivity contribution >= 4 is 23.5 Å². The van der Waals surface area contributed by atoms with E-state index in [2.05, 4.69) is 25.7 Å². The van der Waals surface area contributed by atoms with E-state index in [-0.39, 0.29) is 34.2 Å². The molecule has 12 heteroatoms. The average molecular weight is 474 g/mol. The first kappa shape index (κ1) is 23.2. The zero-order chi connectivity index (χ0) is 24.6. The molecule has 1 aliphatic carbocycles. The fraction of sp³-hybridized carbons (Fsp3) is 0.318. The van der Waals surface area contributed by atoms with Crippen molar-refractivity contribution in [2.45, 2.75) is 32.8 Å². The molecule has 0 aliphatic heterocycles. The summed E-state index contributed by atoms with van der Waals surface area (Å²) in [5.74, 6) is -2.65. The monoisotopic (exact) mass is 474 g/mol. The minimum atomic E-state index is -1.16. The third-order valence-electron chi connectivity index (χ3n) is 5.62. The number of nitrogens with zero attached hydrogens (tertiary/aromatic N) is 4. The Bertz CT molecular complexity index is 1270. The Morgan fingerprint density at radius 1 is 1.12 bits per heavy atom. The number of carbonyl (C=O) groups is 2. The maximum atomic E-state index is 14.9. The minimum Gasteiger partial charge on any atom is -0.441 e. The summed E-state index contributed by atoms with van der Waals surface area (Å²) in [6.45, 7) is 3.17. The highest BCUT2D eigenvalue weighted by atomic mass is 19.1. The largest absolute Gasteiger partial charge is 0.441 e. The summed E-state index contributed by atoms with van der Waals surface area (Å²) >= 11 is 0. The highest BCUT2D eigenvalue weighted by Gasteiger charge is 2.44. The molecule has 1 fully saturated rings. The van der Waals surface area contributed by atoms with E-state index in [1.165, 1.54) is 31.0 Å². The molecule has 0 saturated heterocycles. The van der Waals surface area contributed by atoms with Crippen molar-refractivity contribution in [1.82, 2.24) is 19.7 Å². The van der Waals surface area contributed by atoms with Crippen LogP contribution in [0, 0.1) is 23.0 Å². The summed E-state index contributed by atoms with van der Waals surface area (Å²) in [7, 11) is 1.50. The van der Waals surface area contributed by atoms with E-state index in [4.69, 9.17) is 4.74 Å². The number of nitrogens with one attached hydrogen (secondary N) is 2. The second-order valence-electron chi connectivity index (χ2n) is 8.31. The van der Waals surface area contributed by atoms with E-state index in [1.54, 1.807) is 0 Å². The van der Waals surface area contributed by atoms with Crippen LogP contribution in [-0.4, -0.2) is 31.7 Å². The SMILES string of the molecule is CC(OC(=O)Nc1c(-c2ncc(NC(=O)C3(C)CC3)cc2F)cnn1C)c1cc(F)cnc1F. The third kappa shape index (κ3) is 4.70. The van der Waals surface area contributed by atoms with Crippen molar-refractivity contribution in [3.8, 4) is 11.3 Å². The van der Waals surface area contributed by atoms with E-state index in [9.17, 15) is 22.8 Å². The van der Waals surface area contributed by atoms with E-state index in [0.29, 0.717) is 6.20 Å². The van der Waals surface area contributed by atoms with Gasteiger partial charge in [-0.25, -0.2) is 18.6 Å². The van der Waals surface area contributed by atoms with Gasteiger partial charge in [0.1, 0.15) is 23.4 Å². The van der Waals surface area contributed by atoms with Crippen LogP contribution in [0.15, 0.2) is 30.7 Å². The molecule has 178 valence electrons. The van der Waals surface area contributed by atoms with Gasteiger partial charge in [0, 0.05) is 18.5 Å². The molecule has 0 aromatic carbocycles. The number of ether oxygens (including phenoxy) is 1. The molecule has 4 rings (SSSR count). The van der Waals surface area contributed by atoms with E-state index >= 15 is 0 Å². The number of hydrogen-bond donors (Lipinski definition) is 2. The first-order chi connectivity index (χ1) is 16.1. The Balaban J connectivity index is 1.50. The summed E-state index contributed by atoms with van der Waals surface area (Å²) < 4.78 is 48.5. The van der Waals surface area contributed by atoms with Crippen LogP contribution in [0.1, 0.15) is 38.4 Å². The lowest BCUT2D eigenvalue weighted by molar-refractivity contribution is -0.120. The molecule has 0 bridgehead atoms. The maximum absolute atomic E-state index is 14.9. The second kappa shape index (κ2) is 8.76. The highest BCUT2D eigenvalue weighted by molar-refractivity contribution is 5.97. The van der Waals surface area contributed by atoms with Gasteiger partial charge in [-0.15, -0.1) is 0 Å². The first-order valence-electron chi connectivity index (χ1n) is 10.4. The molecule has 2 N–H and O–H groups in total. The number of rotatable bonds is 6. The van der Waals surface area contributed by atoms with Crippen LogP contribution < -0.4 is 10.6 Å². The number of pyridine rings is 2. The molecule has 9 nitrogen and oxygen atoms in total. The molecule has 1 saturated carbocycles. The first-order valence-corrected chi connectivity index (χ1v) is 10.4. The molecule has 34 heavy (non-hydrogen) atoms. The lowest BCUT2D eigenvalue weighted by Gasteiger charge is -2.15. The van der Waals surface area contributed by atoms with Gasteiger partial charge < -0.3 is 10.1 Å². The summed E-state index contributed by atoms with van der Waals surface area (Å²) in [6, 6.07) is 2.00. The molecule has 1 atom stereocenters. The van der Waals surface area contributed by atoms with Crippen LogP contribution in [0.25, 0.3) is 11.3 Å². The number of aryl methyl sites for hydroxylation is 1. The van der Waals surface area contributed by atoms with Crippen molar-refractivity contribution < 1.29 is 27.5 Å². The number of anilines is 2. The third-order valence-corrected chi connectivity index (χ3v) is 5.62. The maximum Gasteiger partial charge on any atom is 0.413 e. The van der Waals surface area contributed by atoms with Gasteiger partial charge >= 0.3 is 6.09 Å². The molecule has 3 aromatic heterocycles. The van der Waals surface area contributed by atoms with Crippen molar-refractivity contribution in [2.24, 2.45) is 12.5 Å². The summed E-state index contributed by atoms with van der Waals surface area (Å²) in [6.07, 6.45) is 2.68.